The molecule has 9 nitrogen and oxygen atoms in total. The monoisotopic (exact) mass is 497 g/mol. The molecule has 2 fully saturated rings. The minimum absolute atomic E-state index is 0.193. The molecule has 1 aromatic carbocycles. The lowest BCUT2D eigenvalue weighted by molar-refractivity contribution is 0.122. The van der Waals surface area contributed by atoms with E-state index in [0.717, 1.165) is 66.4 Å². The summed E-state index contributed by atoms with van der Waals surface area (Å²) in [7, 11) is -3.06. The second-order valence-corrected chi connectivity index (χ2v) is 11.8. The van der Waals surface area contributed by atoms with Crippen LogP contribution in [0.2, 0.25) is 0 Å². The summed E-state index contributed by atoms with van der Waals surface area (Å²) >= 11 is 0. The van der Waals surface area contributed by atoms with Crippen LogP contribution in [0.1, 0.15) is 36.3 Å². The molecular formula is C25H31N5O4S. The van der Waals surface area contributed by atoms with Crippen LogP contribution in [0.5, 0.6) is 0 Å². The predicted molar refractivity (Wildman–Crippen MR) is 135 cm³/mol. The zero-order chi connectivity index (χ0) is 24.6. The lowest BCUT2D eigenvalue weighted by Crippen LogP contribution is -2.40. The second kappa shape index (κ2) is 9.23. The highest BCUT2D eigenvalue weighted by atomic mass is 32.2. The molecule has 2 aliphatic rings. The largest absolute Gasteiger partial charge is 0.378 e. The van der Waals surface area contributed by atoms with E-state index in [1.807, 2.05) is 44.2 Å². The summed E-state index contributed by atoms with van der Waals surface area (Å²) in [5.74, 6) is 2.20. The number of aromatic nitrogens is 3. The van der Waals surface area contributed by atoms with Gasteiger partial charge in [-0.05, 0) is 44.4 Å². The summed E-state index contributed by atoms with van der Waals surface area (Å²) in [6.07, 6.45) is 4.18. The van der Waals surface area contributed by atoms with E-state index in [-0.39, 0.29) is 11.2 Å². The summed E-state index contributed by atoms with van der Waals surface area (Å²) in [5, 5.41) is 7.43. The van der Waals surface area contributed by atoms with Crippen LogP contribution in [0.3, 0.4) is 0 Å². The third-order valence-electron chi connectivity index (χ3n) is 6.94. The summed E-state index contributed by atoms with van der Waals surface area (Å²) in [4.78, 5) is 11.7. The molecule has 10 heteroatoms. The van der Waals surface area contributed by atoms with E-state index in [2.05, 4.69) is 15.4 Å². The molecule has 0 radical (unpaired) electrons. The quantitative estimate of drug-likeness (QED) is 0.521. The van der Waals surface area contributed by atoms with E-state index in [4.69, 9.17) is 19.2 Å². The highest BCUT2D eigenvalue weighted by Crippen LogP contribution is 2.45. The predicted octanol–water partition coefficient (Wildman–Crippen LogP) is 3.79. The van der Waals surface area contributed by atoms with Crippen molar-refractivity contribution in [1.82, 2.24) is 15.1 Å². The maximum atomic E-state index is 12.0. The molecule has 5 rings (SSSR count). The van der Waals surface area contributed by atoms with Gasteiger partial charge in [0.1, 0.15) is 21.4 Å². The van der Waals surface area contributed by atoms with Crippen molar-refractivity contribution >= 4 is 27.3 Å². The Labute approximate surface area is 205 Å². The SMILES string of the molecule is Cc1noc(C)c1-c1cc(N2CCOCC2)nc(Nc2ccc(C3(CS(C)(=O)=O)CCC3)cc2)n1. The van der Waals surface area contributed by atoms with Crippen molar-refractivity contribution in [3.63, 3.8) is 0 Å². The zero-order valence-electron chi connectivity index (χ0n) is 20.4. The van der Waals surface area contributed by atoms with E-state index in [1.54, 1.807) is 0 Å². The van der Waals surface area contributed by atoms with Gasteiger partial charge in [0.15, 0.2) is 0 Å². The van der Waals surface area contributed by atoms with Gasteiger partial charge in [0.25, 0.3) is 0 Å². The normalized spacial score (nSPS) is 17.7. The highest BCUT2D eigenvalue weighted by Gasteiger charge is 2.41. The van der Waals surface area contributed by atoms with Crippen molar-refractivity contribution in [1.29, 1.82) is 0 Å². The molecule has 3 heterocycles. The van der Waals surface area contributed by atoms with E-state index in [0.29, 0.717) is 24.9 Å². The highest BCUT2D eigenvalue weighted by molar-refractivity contribution is 7.90. The molecule has 0 bridgehead atoms. The standard InChI is InChI=1S/C25H31N5O4S/c1-17-23(18(2)34-29-17)21-15-22(30-11-13-33-14-12-30)28-24(27-21)26-20-7-5-19(6-8-20)25(9-4-10-25)16-35(3,31)32/h5-8,15H,4,9-14,16H2,1-3H3,(H,26,27,28). The fourth-order valence-corrected chi connectivity index (χ4v) is 6.54. The van der Waals surface area contributed by atoms with Crippen LogP contribution in [0.4, 0.5) is 17.5 Å². The van der Waals surface area contributed by atoms with Crippen molar-refractivity contribution in [3.05, 3.63) is 47.3 Å². The molecule has 0 spiro atoms. The second-order valence-electron chi connectivity index (χ2n) is 9.64. The van der Waals surface area contributed by atoms with Gasteiger partial charge >= 0.3 is 0 Å². The fourth-order valence-electron chi connectivity index (χ4n) is 5.08. The van der Waals surface area contributed by atoms with Crippen LogP contribution in [-0.2, 0) is 20.0 Å². The Hall–Kier alpha value is -2.98. The van der Waals surface area contributed by atoms with Gasteiger partial charge in [-0.1, -0.05) is 23.7 Å². The molecule has 1 N–H and O–H groups in total. The molecule has 3 aromatic rings. The van der Waals surface area contributed by atoms with Crippen molar-refractivity contribution in [3.8, 4) is 11.3 Å². The van der Waals surface area contributed by atoms with Crippen LogP contribution in [0.25, 0.3) is 11.3 Å². The lowest BCUT2D eigenvalue weighted by Gasteiger charge is -2.42. The molecule has 1 saturated heterocycles. The Morgan fingerprint density at radius 1 is 1.09 bits per heavy atom. The average molecular weight is 498 g/mol. The number of hydrogen-bond donors (Lipinski definition) is 1. The number of rotatable bonds is 7. The molecule has 0 atom stereocenters. The van der Waals surface area contributed by atoms with Crippen molar-refractivity contribution in [2.45, 2.75) is 38.5 Å². The Morgan fingerprint density at radius 2 is 1.80 bits per heavy atom. The van der Waals surface area contributed by atoms with Gasteiger partial charge < -0.3 is 19.5 Å². The van der Waals surface area contributed by atoms with Gasteiger partial charge in [0.2, 0.25) is 5.95 Å². The molecular weight excluding hydrogens is 466 g/mol. The maximum absolute atomic E-state index is 12.0. The van der Waals surface area contributed by atoms with E-state index >= 15 is 0 Å². The summed E-state index contributed by atoms with van der Waals surface area (Å²) in [5.41, 5.74) is 4.04. The minimum atomic E-state index is -3.06. The van der Waals surface area contributed by atoms with Crippen LogP contribution in [-0.4, -0.2) is 61.9 Å². The molecule has 35 heavy (non-hydrogen) atoms. The third-order valence-corrected chi connectivity index (χ3v) is 8.02. The molecule has 0 unspecified atom stereocenters. The number of hydrogen-bond acceptors (Lipinski definition) is 9. The van der Waals surface area contributed by atoms with Crippen LogP contribution in [0, 0.1) is 13.8 Å². The first-order chi connectivity index (χ1) is 16.7. The van der Waals surface area contributed by atoms with Gasteiger partial charge in [0, 0.05) is 36.5 Å². The number of ether oxygens (including phenoxy) is 1. The molecule has 2 aromatic heterocycles. The summed E-state index contributed by atoms with van der Waals surface area (Å²) in [6, 6.07) is 9.95. The Bertz CT molecular complexity index is 1290. The topological polar surface area (TPSA) is 110 Å². The number of benzene rings is 1. The Kier molecular flexibility index (Phi) is 6.27. The molecule has 1 saturated carbocycles. The van der Waals surface area contributed by atoms with Crippen molar-refractivity contribution < 1.29 is 17.7 Å². The number of nitrogens with zero attached hydrogens (tertiary/aromatic N) is 4. The molecule has 186 valence electrons. The van der Waals surface area contributed by atoms with Crippen LogP contribution in [0.15, 0.2) is 34.9 Å². The molecule has 0 amide bonds. The van der Waals surface area contributed by atoms with E-state index < -0.39 is 9.84 Å². The minimum Gasteiger partial charge on any atom is -0.378 e. The summed E-state index contributed by atoms with van der Waals surface area (Å²) < 4.78 is 34.9. The molecule has 1 aliphatic carbocycles. The smallest absolute Gasteiger partial charge is 0.229 e. The number of aryl methyl sites for hydroxylation is 2. The van der Waals surface area contributed by atoms with E-state index in [1.165, 1.54) is 6.26 Å². The first kappa shape index (κ1) is 23.7. The Balaban J connectivity index is 1.45. The number of sulfone groups is 1. The number of morpholine rings is 1. The first-order valence-corrected chi connectivity index (χ1v) is 14.0. The van der Waals surface area contributed by atoms with Gasteiger partial charge in [0.05, 0.1) is 35.9 Å². The molecule has 1 aliphatic heterocycles. The summed E-state index contributed by atoms with van der Waals surface area (Å²) in [6.45, 7) is 6.61. The maximum Gasteiger partial charge on any atom is 0.229 e. The number of nitrogens with one attached hydrogen (secondary N) is 1. The van der Waals surface area contributed by atoms with Crippen molar-refractivity contribution in [2.24, 2.45) is 0 Å². The zero-order valence-corrected chi connectivity index (χ0v) is 21.2. The van der Waals surface area contributed by atoms with Crippen LogP contribution >= 0.6 is 0 Å². The fraction of sp³-hybridized carbons (Fsp3) is 0.480. The number of anilines is 3. The van der Waals surface area contributed by atoms with Crippen LogP contribution < -0.4 is 10.2 Å². The van der Waals surface area contributed by atoms with E-state index in [9.17, 15) is 8.42 Å². The van der Waals surface area contributed by atoms with Gasteiger partial charge in [-0.2, -0.15) is 4.98 Å². The lowest BCUT2D eigenvalue weighted by atomic mass is 9.66. The van der Waals surface area contributed by atoms with Gasteiger partial charge in [-0.25, -0.2) is 13.4 Å². The van der Waals surface area contributed by atoms with Gasteiger partial charge in [-0.3, -0.25) is 0 Å². The average Bonchev–Trinajstić information content (AvgIpc) is 3.14. The first-order valence-electron chi connectivity index (χ1n) is 11.9. The van der Waals surface area contributed by atoms with Crippen molar-refractivity contribution in [2.75, 3.05) is 48.5 Å². The third kappa shape index (κ3) is 5.04. The van der Waals surface area contributed by atoms with Gasteiger partial charge in [-0.15, -0.1) is 0 Å². The Morgan fingerprint density at radius 3 is 2.37 bits per heavy atom.